The average molecular weight is 235 g/mol. The SMILES string of the molecule is O=C(NC1CCC1)c1sccc1C#CCO. The van der Waals surface area contributed by atoms with E-state index >= 15 is 0 Å². The summed E-state index contributed by atoms with van der Waals surface area (Å²) in [6.07, 6.45) is 3.36. The van der Waals surface area contributed by atoms with E-state index in [2.05, 4.69) is 17.2 Å². The van der Waals surface area contributed by atoms with Crippen LogP contribution in [0.15, 0.2) is 11.4 Å². The van der Waals surface area contributed by atoms with Gasteiger partial charge in [-0.15, -0.1) is 11.3 Å². The molecule has 0 aromatic carbocycles. The first-order valence-corrected chi connectivity index (χ1v) is 6.17. The summed E-state index contributed by atoms with van der Waals surface area (Å²) in [6.45, 7) is -0.181. The van der Waals surface area contributed by atoms with Gasteiger partial charge in [-0.3, -0.25) is 4.79 Å². The smallest absolute Gasteiger partial charge is 0.262 e. The average Bonchev–Trinajstić information content (AvgIpc) is 2.68. The van der Waals surface area contributed by atoms with Gasteiger partial charge < -0.3 is 10.4 Å². The third-order valence-corrected chi connectivity index (χ3v) is 3.53. The van der Waals surface area contributed by atoms with Gasteiger partial charge in [0.2, 0.25) is 0 Å². The Morgan fingerprint density at radius 1 is 1.62 bits per heavy atom. The number of carbonyl (C=O) groups is 1. The van der Waals surface area contributed by atoms with E-state index in [-0.39, 0.29) is 12.5 Å². The fraction of sp³-hybridized carbons (Fsp3) is 0.417. The molecule has 0 spiro atoms. The van der Waals surface area contributed by atoms with Crippen LogP contribution in [-0.4, -0.2) is 23.7 Å². The zero-order chi connectivity index (χ0) is 11.4. The van der Waals surface area contributed by atoms with Crippen molar-refractivity contribution >= 4 is 17.2 Å². The van der Waals surface area contributed by atoms with Crippen LogP contribution >= 0.6 is 11.3 Å². The Bertz CT molecular complexity index is 437. The monoisotopic (exact) mass is 235 g/mol. The maximum absolute atomic E-state index is 11.9. The van der Waals surface area contributed by atoms with E-state index < -0.39 is 0 Å². The molecule has 2 rings (SSSR count). The van der Waals surface area contributed by atoms with Gasteiger partial charge in [-0.1, -0.05) is 11.8 Å². The molecule has 1 heterocycles. The summed E-state index contributed by atoms with van der Waals surface area (Å²) in [7, 11) is 0. The van der Waals surface area contributed by atoms with Crippen LogP contribution in [0.1, 0.15) is 34.5 Å². The molecule has 1 fully saturated rings. The first kappa shape index (κ1) is 11.2. The molecule has 1 aliphatic rings. The van der Waals surface area contributed by atoms with Crippen LogP contribution < -0.4 is 5.32 Å². The minimum atomic E-state index is -0.181. The van der Waals surface area contributed by atoms with Crippen molar-refractivity contribution in [1.29, 1.82) is 0 Å². The van der Waals surface area contributed by atoms with E-state index in [1.54, 1.807) is 0 Å². The van der Waals surface area contributed by atoms with Gasteiger partial charge in [0.15, 0.2) is 0 Å². The van der Waals surface area contributed by atoms with E-state index in [0.29, 0.717) is 16.5 Å². The lowest BCUT2D eigenvalue weighted by atomic mass is 9.93. The van der Waals surface area contributed by atoms with Crippen molar-refractivity contribution in [3.05, 3.63) is 21.9 Å². The number of aliphatic hydroxyl groups excluding tert-OH is 1. The van der Waals surface area contributed by atoms with Gasteiger partial charge in [0.1, 0.15) is 11.5 Å². The Hall–Kier alpha value is -1.31. The summed E-state index contributed by atoms with van der Waals surface area (Å²) in [5.74, 6) is 5.30. The zero-order valence-electron chi connectivity index (χ0n) is 8.82. The van der Waals surface area contributed by atoms with Crippen molar-refractivity contribution in [3.8, 4) is 11.8 Å². The van der Waals surface area contributed by atoms with Crippen molar-refractivity contribution in [1.82, 2.24) is 5.32 Å². The molecule has 16 heavy (non-hydrogen) atoms. The molecule has 1 aromatic rings. The van der Waals surface area contributed by atoms with Gasteiger partial charge in [0.25, 0.3) is 5.91 Å². The Morgan fingerprint density at radius 2 is 2.44 bits per heavy atom. The predicted octanol–water partition coefficient (Wildman–Crippen LogP) is 1.37. The van der Waals surface area contributed by atoms with Crippen LogP contribution in [0.2, 0.25) is 0 Å². The molecule has 0 radical (unpaired) electrons. The molecule has 84 valence electrons. The molecule has 0 saturated heterocycles. The van der Waals surface area contributed by atoms with Gasteiger partial charge >= 0.3 is 0 Å². The summed E-state index contributed by atoms with van der Waals surface area (Å²) >= 11 is 1.39. The summed E-state index contributed by atoms with van der Waals surface area (Å²) in [5, 5.41) is 13.4. The highest BCUT2D eigenvalue weighted by Gasteiger charge is 2.21. The van der Waals surface area contributed by atoms with Gasteiger partial charge in [0, 0.05) is 11.6 Å². The van der Waals surface area contributed by atoms with Gasteiger partial charge in [-0.2, -0.15) is 0 Å². The molecule has 2 N–H and O–H groups in total. The van der Waals surface area contributed by atoms with Crippen molar-refractivity contribution in [2.24, 2.45) is 0 Å². The Balaban J connectivity index is 2.06. The van der Waals surface area contributed by atoms with E-state index in [1.807, 2.05) is 11.4 Å². The first-order valence-electron chi connectivity index (χ1n) is 5.29. The second-order valence-corrected chi connectivity index (χ2v) is 4.64. The Morgan fingerprint density at radius 3 is 3.06 bits per heavy atom. The number of aliphatic hydroxyl groups is 1. The Kier molecular flexibility index (Phi) is 3.60. The summed E-state index contributed by atoms with van der Waals surface area (Å²) in [5.41, 5.74) is 0.705. The fourth-order valence-corrected chi connectivity index (χ4v) is 2.27. The van der Waals surface area contributed by atoms with Crippen molar-refractivity contribution < 1.29 is 9.90 Å². The maximum Gasteiger partial charge on any atom is 0.262 e. The molecule has 0 atom stereocenters. The van der Waals surface area contributed by atoms with Crippen molar-refractivity contribution in [2.45, 2.75) is 25.3 Å². The molecule has 4 heteroatoms. The highest BCUT2D eigenvalue weighted by atomic mass is 32.1. The van der Waals surface area contributed by atoms with Crippen LogP contribution in [0, 0.1) is 11.8 Å². The van der Waals surface area contributed by atoms with Crippen molar-refractivity contribution in [2.75, 3.05) is 6.61 Å². The van der Waals surface area contributed by atoms with E-state index in [0.717, 1.165) is 12.8 Å². The van der Waals surface area contributed by atoms with E-state index in [1.165, 1.54) is 17.8 Å². The topological polar surface area (TPSA) is 49.3 Å². The normalized spacial score (nSPS) is 14.8. The predicted molar refractivity (Wildman–Crippen MR) is 63.4 cm³/mol. The lowest BCUT2D eigenvalue weighted by molar-refractivity contribution is 0.0921. The number of hydrogen-bond donors (Lipinski definition) is 2. The molecular formula is C12H13NO2S. The van der Waals surface area contributed by atoms with Gasteiger partial charge in [0.05, 0.1) is 0 Å². The molecular weight excluding hydrogens is 222 g/mol. The summed E-state index contributed by atoms with van der Waals surface area (Å²) in [6, 6.07) is 2.15. The minimum absolute atomic E-state index is 0.0399. The first-order chi connectivity index (χ1) is 7.81. The molecule has 0 unspecified atom stereocenters. The van der Waals surface area contributed by atoms with E-state index in [4.69, 9.17) is 5.11 Å². The summed E-state index contributed by atoms with van der Waals surface area (Å²) in [4.78, 5) is 12.5. The van der Waals surface area contributed by atoms with Crippen LogP contribution in [0.5, 0.6) is 0 Å². The number of hydrogen-bond acceptors (Lipinski definition) is 3. The number of amides is 1. The van der Waals surface area contributed by atoms with Gasteiger partial charge in [-0.25, -0.2) is 0 Å². The minimum Gasteiger partial charge on any atom is -0.384 e. The maximum atomic E-state index is 11.9. The van der Waals surface area contributed by atoms with Crippen LogP contribution in [0.3, 0.4) is 0 Å². The van der Waals surface area contributed by atoms with Crippen LogP contribution in [0.4, 0.5) is 0 Å². The molecule has 0 bridgehead atoms. The lowest BCUT2D eigenvalue weighted by Gasteiger charge is -2.26. The number of carbonyl (C=O) groups excluding carboxylic acids is 1. The number of rotatable bonds is 2. The molecule has 3 nitrogen and oxygen atoms in total. The van der Waals surface area contributed by atoms with Crippen LogP contribution in [0.25, 0.3) is 0 Å². The molecule has 0 aliphatic heterocycles. The molecule has 1 amide bonds. The lowest BCUT2D eigenvalue weighted by Crippen LogP contribution is -2.39. The third kappa shape index (κ3) is 2.43. The number of thiophene rings is 1. The second kappa shape index (κ2) is 5.15. The molecule has 1 aromatic heterocycles. The van der Waals surface area contributed by atoms with Crippen molar-refractivity contribution in [3.63, 3.8) is 0 Å². The van der Waals surface area contributed by atoms with Crippen LogP contribution in [-0.2, 0) is 0 Å². The fourth-order valence-electron chi connectivity index (χ4n) is 1.52. The molecule has 1 aliphatic carbocycles. The zero-order valence-corrected chi connectivity index (χ0v) is 9.64. The van der Waals surface area contributed by atoms with Gasteiger partial charge in [-0.05, 0) is 30.7 Å². The standard InChI is InChI=1S/C12H13NO2S/c14-7-2-3-9-6-8-16-11(9)12(15)13-10-4-1-5-10/h6,8,10,14H,1,4-5,7H2,(H,13,15). The largest absolute Gasteiger partial charge is 0.384 e. The third-order valence-electron chi connectivity index (χ3n) is 2.61. The highest BCUT2D eigenvalue weighted by molar-refractivity contribution is 7.12. The second-order valence-electron chi connectivity index (χ2n) is 3.72. The molecule has 1 saturated carbocycles. The van der Waals surface area contributed by atoms with E-state index in [9.17, 15) is 4.79 Å². The Labute approximate surface area is 98.5 Å². The number of nitrogens with one attached hydrogen (secondary N) is 1. The highest BCUT2D eigenvalue weighted by Crippen LogP contribution is 2.21. The quantitative estimate of drug-likeness (QED) is 0.761. The summed E-state index contributed by atoms with van der Waals surface area (Å²) < 4.78 is 0.